The molecule has 1 unspecified atom stereocenters. The van der Waals surface area contributed by atoms with E-state index in [-0.39, 0.29) is 5.82 Å². The quantitative estimate of drug-likeness (QED) is 0.923. The summed E-state index contributed by atoms with van der Waals surface area (Å²) < 4.78 is 20.9. The third-order valence-corrected chi connectivity index (χ3v) is 3.48. The monoisotopic (exact) mass is 297 g/mol. The Labute approximate surface area is 122 Å². The van der Waals surface area contributed by atoms with Gasteiger partial charge in [0.25, 0.3) is 0 Å². The van der Waals surface area contributed by atoms with Crippen LogP contribution in [0.15, 0.2) is 24.4 Å². The van der Waals surface area contributed by atoms with Crippen LogP contribution in [0.4, 0.5) is 4.39 Å². The van der Waals surface area contributed by atoms with Crippen LogP contribution in [0.2, 0.25) is 5.02 Å². The van der Waals surface area contributed by atoms with E-state index >= 15 is 0 Å². The molecule has 0 radical (unpaired) electrons. The topological polar surface area (TPSA) is 53.1 Å². The zero-order valence-electron chi connectivity index (χ0n) is 11.4. The summed E-state index contributed by atoms with van der Waals surface area (Å²) in [6, 6.07) is 4.48. The van der Waals surface area contributed by atoms with Gasteiger partial charge in [-0.1, -0.05) is 29.8 Å². The minimum absolute atomic E-state index is 0.310. The lowest BCUT2D eigenvalue weighted by atomic mass is 10.0. The van der Waals surface area contributed by atoms with E-state index in [9.17, 15) is 4.39 Å². The second kappa shape index (κ2) is 6.35. The highest BCUT2D eigenvalue weighted by Crippen LogP contribution is 2.28. The van der Waals surface area contributed by atoms with E-state index in [1.807, 2.05) is 0 Å². The second-order valence-corrected chi connectivity index (χ2v) is 4.96. The fourth-order valence-corrected chi connectivity index (χ4v) is 2.35. The highest BCUT2D eigenvalue weighted by Gasteiger charge is 2.21. The van der Waals surface area contributed by atoms with E-state index in [0.717, 1.165) is 0 Å². The molecule has 0 amide bonds. The van der Waals surface area contributed by atoms with Crippen LogP contribution in [0.3, 0.4) is 0 Å². The molecular weight excluding hydrogens is 281 g/mol. The summed E-state index contributed by atoms with van der Waals surface area (Å²) in [7, 11) is 1.60. The molecule has 0 aliphatic carbocycles. The van der Waals surface area contributed by atoms with E-state index in [2.05, 4.69) is 5.10 Å². The third kappa shape index (κ3) is 2.85. The molecule has 0 aliphatic rings. The molecule has 0 aliphatic heterocycles. The largest absolute Gasteiger partial charge is 0.383 e. The maximum Gasteiger partial charge on any atom is 0.131 e. The molecule has 2 N–H and O–H groups in total. The van der Waals surface area contributed by atoms with Gasteiger partial charge in [-0.25, -0.2) is 4.39 Å². The second-order valence-electron chi connectivity index (χ2n) is 4.55. The van der Waals surface area contributed by atoms with Crippen molar-refractivity contribution in [1.29, 1.82) is 0 Å². The summed E-state index contributed by atoms with van der Waals surface area (Å²) >= 11 is 6.13. The zero-order valence-corrected chi connectivity index (χ0v) is 12.2. The number of benzene rings is 1. The van der Waals surface area contributed by atoms with Crippen molar-refractivity contribution in [2.75, 3.05) is 13.7 Å². The van der Waals surface area contributed by atoms with Gasteiger partial charge in [-0.05, 0) is 12.5 Å². The van der Waals surface area contributed by atoms with Crippen molar-refractivity contribution in [3.63, 3.8) is 0 Å². The average molecular weight is 298 g/mol. The number of nitrogens with two attached hydrogens (primary N) is 1. The molecule has 1 heterocycles. The van der Waals surface area contributed by atoms with Crippen LogP contribution < -0.4 is 5.73 Å². The Balaban J connectivity index is 2.40. The summed E-state index contributed by atoms with van der Waals surface area (Å²) in [4.78, 5) is 0. The van der Waals surface area contributed by atoms with Crippen molar-refractivity contribution in [3.8, 4) is 0 Å². The van der Waals surface area contributed by atoms with Crippen LogP contribution in [0, 0.1) is 12.7 Å². The van der Waals surface area contributed by atoms with Gasteiger partial charge in [-0.2, -0.15) is 5.10 Å². The van der Waals surface area contributed by atoms with Crippen LogP contribution >= 0.6 is 11.6 Å². The van der Waals surface area contributed by atoms with Crippen molar-refractivity contribution in [2.24, 2.45) is 5.73 Å². The Morgan fingerprint density at radius 3 is 2.95 bits per heavy atom. The molecule has 0 fully saturated rings. The van der Waals surface area contributed by atoms with E-state index in [1.54, 1.807) is 36.9 Å². The van der Waals surface area contributed by atoms with Crippen molar-refractivity contribution in [1.82, 2.24) is 9.78 Å². The molecule has 0 bridgehead atoms. The number of nitrogens with zero attached hydrogens (tertiary/aromatic N) is 2. The van der Waals surface area contributed by atoms with Crippen LogP contribution in [-0.4, -0.2) is 23.5 Å². The van der Waals surface area contributed by atoms with E-state index in [0.29, 0.717) is 35.0 Å². The van der Waals surface area contributed by atoms with Crippen LogP contribution in [-0.2, 0) is 11.3 Å². The van der Waals surface area contributed by atoms with Crippen LogP contribution in [0.1, 0.15) is 22.9 Å². The number of hydrogen-bond donors (Lipinski definition) is 1. The molecule has 20 heavy (non-hydrogen) atoms. The Morgan fingerprint density at radius 2 is 2.25 bits per heavy atom. The molecule has 0 saturated heterocycles. The summed E-state index contributed by atoms with van der Waals surface area (Å²) in [6.07, 6.45) is 1.51. The molecular formula is C14H17ClFN3O. The van der Waals surface area contributed by atoms with Gasteiger partial charge in [0, 0.05) is 12.7 Å². The number of ether oxygens (including phenoxy) is 1. The Morgan fingerprint density at radius 1 is 1.50 bits per heavy atom. The predicted octanol–water partition coefficient (Wildman–Crippen LogP) is 2.68. The zero-order chi connectivity index (χ0) is 14.7. The first-order valence-corrected chi connectivity index (χ1v) is 6.64. The first-order chi connectivity index (χ1) is 9.56. The minimum atomic E-state index is -0.665. The predicted molar refractivity (Wildman–Crippen MR) is 76.3 cm³/mol. The molecule has 6 heteroatoms. The van der Waals surface area contributed by atoms with Crippen molar-refractivity contribution in [3.05, 3.63) is 52.1 Å². The molecule has 2 aromatic rings. The molecule has 1 atom stereocenters. The maximum absolute atomic E-state index is 14.2. The number of rotatable bonds is 5. The van der Waals surface area contributed by atoms with Crippen LogP contribution in [0.5, 0.6) is 0 Å². The van der Waals surface area contributed by atoms with Crippen molar-refractivity contribution in [2.45, 2.75) is 19.5 Å². The van der Waals surface area contributed by atoms with E-state index in [4.69, 9.17) is 22.1 Å². The smallest absolute Gasteiger partial charge is 0.131 e. The molecule has 2 rings (SSSR count). The molecule has 108 valence electrons. The van der Waals surface area contributed by atoms with E-state index < -0.39 is 6.04 Å². The summed E-state index contributed by atoms with van der Waals surface area (Å²) in [5.41, 5.74) is 7.73. The molecule has 0 spiro atoms. The third-order valence-electron chi connectivity index (χ3n) is 3.19. The van der Waals surface area contributed by atoms with Gasteiger partial charge in [0.2, 0.25) is 0 Å². The fraction of sp³-hybridized carbons (Fsp3) is 0.357. The van der Waals surface area contributed by atoms with Gasteiger partial charge in [-0.15, -0.1) is 0 Å². The van der Waals surface area contributed by atoms with Gasteiger partial charge in [0.05, 0.1) is 36.1 Å². The molecule has 0 saturated carbocycles. The summed E-state index contributed by atoms with van der Waals surface area (Å²) in [6.45, 7) is 2.70. The Bertz CT molecular complexity index is 600. The number of hydrogen-bond acceptors (Lipinski definition) is 3. The highest BCUT2D eigenvalue weighted by atomic mass is 35.5. The summed E-state index contributed by atoms with van der Waals surface area (Å²) in [5, 5.41) is 4.58. The van der Waals surface area contributed by atoms with Gasteiger partial charge < -0.3 is 10.5 Å². The van der Waals surface area contributed by atoms with Crippen LogP contribution in [0.25, 0.3) is 0 Å². The van der Waals surface area contributed by atoms with Crippen molar-refractivity contribution < 1.29 is 9.13 Å². The Kier molecular flexibility index (Phi) is 4.75. The lowest BCUT2D eigenvalue weighted by molar-refractivity contribution is 0.182. The average Bonchev–Trinajstić information content (AvgIpc) is 2.80. The van der Waals surface area contributed by atoms with E-state index in [1.165, 1.54) is 6.20 Å². The van der Waals surface area contributed by atoms with Gasteiger partial charge in [-0.3, -0.25) is 4.68 Å². The van der Waals surface area contributed by atoms with Gasteiger partial charge in [0.1, 0.15) is 5.82 Å². The minimum Gasteiger partial charge on any atom is -0.383 e. The maximum atomic E-state index is 14.2. The van der Waals surface area contributed by atoms with Crippen molar-refractivity contribution >= 4 is 11.6 Å². The number of aromatic nitrogens is 2. The molecule has 1 aromatic heterocycles. The summed E-state index contributed by atoms with van der Waals surface area (Å²) in [5.74, 6) is -0.310. The number of halogens is 2. The molecule has 1 aromatic carbocycles. The lowest BCUT2D eigenvalue weighted by Crippen LogP contribution is -2.20. The Hall–Kier alpha value is -1.43. The highest BCUT2D eigenvalue weighted by molar-refractivity contribution is 6.31. The number of aryl methyl sites for hydroxylation is 1. The fourth-order valence-electron chi connectivity index (χ4n) is 2.09. The number of methoxy groups -OCH3 is 1. The standard InChI is InChI=1S/C14H17ClFN3O/c1-9-4-3-5-10(12(9)16)13(17)14-11(15)8-18-19(14)6-7-20-2/h3-5,8,13H,6-7,17H2,1-2H3. The lowest BCUT2D eigenvalue weighted by Gasteiger charge is -2.16. The first kappa shape index (κ1) is 15.0. The molecule has 4 nitrogen and oxygen atoms in total. The normalized spacial score (nSPS) is 12.7. The first-order valence-electron chi connectivity index (χ1n) is 6.27. The SMILES string of the molecule is COCCn1ncc(Cl)c1C(N)c1cccc(C)c1F. The van der Waals surface area contributed by atoms with Gasteiger partial charge in [0.15, 0.2) is 0 Å². The van der Waals surface area contributed by atoms with Gasteiger partial charge >= 0.3 is 0 Å².